The van der Waals surface area contributed by atoms with Crippen molar-refractivity contribution in [3.05, 3.63) is 76.5 Å². The third-order valence-electron chi connectivity index (χ3n) is 2.53. The maximum absolute atomic E-state index is 11.1. The molecule has 0 aliphatic carbocycles. The topological polar surface area (TPSA) is 55.2 Å². The van der Waals surface area contributed by atoms with Crippen molar-refractivity contribution in [3.63, 3.8) is 0 Å². The first-order chi connectivity index (χ1) is 9.18. The maximum atomic E-state index is 11.1. The Morgan fingerprint density at radius 3 is 2.37 bits per heavy atom. The predicted octanol–water partition coefficient (Wildman–Crippen LogP) is 3.66. The Morgan fingerprint density at radius 1 is 1.11 bits per heavy atom. The lowest BCUT2D eigenvalue weighted by Crippen LogP contribution is -2.01. The van der Waals surface area contributed by atoms with E-state index in [9.17, 15) is 10.1 Å². The Bertz CT molecular complexity index is 612. The van der Waals surface area contributed by atoms with Gasteiger partial charge in [0, 0.05) is 4.90 Å². The van der Waals surface area contributed by atoms with Crippen LogP contribution in [0.1, 0.15) is 5.56 Å². The molecular weight excluding hydrogens is 260 g/mol. The molecule has 1 N–H and O–H groups in total. The van der Waals surface area contributed by atoms with Gasteiger partial charge in [-0.05, 0) is 24.3 Å². The minimum atomic E-state index is -0.413. The maximum Gasteiger partial charge on any atom is 0.292 e. The Morgan fingerprint density at radius 2 is 1.74 bits per heavy atom. The van der Waals surface area contributed by atoms with Crippen LogP contribution in [0.2, 0.25) is 0 Å². The highest BCUT2D eigenvalue weighted by Gasteiger charge is 2.13. The van der Waals surface area contributed by atoms with Crippen molar-refractivity contribution in [2.24, 2.45) is 0 Å². The second kappa shape index (κ2) is 6.06. The van der Waals surface area contributed by atoms with Gasteiger partial charge in [-0.3, -0.25) is 10.1 Å². The number of hydrogen-bond acceptors (Lipinski definition) is 4. The van der Waals surface area contributed by atoms with Gasteiger partial charge in [-0.2, -0.15) is 0 Å². The summed E-state index contributed by atoms with van der Waals surface area (Å²) in [6.07, 6.45) is 1.38. The van der Waals surface area contributed by atoms with Gasteiger partial charge in [0.1, 0.15) is 0 Å². The van der Waals surface area contributed by atoms with Crippen LogP contribution in [-0.4, -0.2) is 4.92 Å². The second-order valence-corrected chi connectivity index (χ2v) is 4.30. The van der Waals surface area contributed by atoms with E-state index < -0.39 is 4.92 Å². The average molecular weight is 272 g/mol. The number of nitro groups is 1. The molecule has 19 heavy (non-hydrogen) atoms. The molecule has 96 valence electrons. The summed E-state index contributed by atoms with van der Waals surface area (Å²) in [5.74, 6) is 0. The third kappa shape index (κ3) is 3.35. The van der Waals surface area contributed by atoms with Crippen LogP contribution in [-0.2, 0) is 0 Å². The number of thiol groups is 1. The van der Waals surface area contributed by atoms with Crippen molar-refractivity contribution < 1.29 is 4.92 Å². The van der Waals surface area contributed by atoms with Gasteiger partial charge in [0.2, 0.25) is 0 Å². The fourth-order valence-corrected chi connectivity index (χ4v) is 1.82. The van der Waals surface area contributed by atoms with Crippen molar-refractivity contribution in [2.75, 3.05) is 5.32 Å². The molecule has 0 amide bonds. The highest BCUT2D eigenvalue weighted by atomic mass is 32.1. The molecular formula is C14H12N2O2S. The Labute approximate surface area is 116 Å². The lowest BCUT2D eigenvalue weighted by atomic mass is 10.2. The van der Waals surface area contributed by atoms with E-state index in [1.807, 2.05) is 24.3 Å². The second-order valence-electron chi connectivity index (χ2n) is 3.81. The summed E-state index contributed by atoms with van der Waals surface area (Å²) in [5, 5.41) is 14.0. The SMILES string of the molecule is O=[N+]([O-])/C(=C/Nc1ccccc1S)c1ccccc1. The van der Waals surface area contributed by atoms with Gasteiger partial charge < -0.3 is 5.32 Å². The first kappa shape index (κ1) is 13.2. The van der Waals surface area contributed by atoms with Crippen molar-refractivity contribution in [2.45, 2.75) is 4.90 Å². The van der Waals surface area contributed by atoms with Gasteiger partial charge in [-0.1, -0.05) is 30.3 Å². The number of para-hydroxylation sites is 1. The van der Waals surface area contributed by atoms with Gasteiger partial charge in [-0.15, -0.1) is 12.6 Å². The van der Waals surface area contributed by atoms with Crippen LogP contribution in [0.3, 0.4) is 0 Å². The molecule has 0 bridgehead atoms. The minimum Gasteiger partial charge on any atom is -0.355 e. The van der Waals surface area contributed by atoms with E-state index in [1.54, 1.807) is 30.3 Å². The monoisotopic (exact) mass is 272 g/mol. The van der Waals surface area contributed by atoms with Crippen LogP contribution >= 0.6 is 12.6 Å². The van der Waals surface area contributed by atoms with Gasteiger partial charge in [0.05, 0.1) is 22.4 Å². The normalized spacial score (nSPS) is 11.1. The number of hydrogen-bond donors (Lipinski definition) is 2. The van der Waals surface area contributed by atoms with E-state index in [0.717, 1.165) is 10.6 Å². The number of nitrogens with one attached hydrogen (secondary N) is 1. The molecule has 0 heterocycles. The largest absolute Gasteiger partial charge is 0.355 e. The highest BCUT2D eigenvalue weighted by Crippen LogP contribution is 2.20. The number of anilines is 1. The molecule has 0 fully saturated rings. The van der Waals surface area contributed by atoms with Crippen LogP contribution in [0.4, 0.5) is 5.69 Å². The molecule has 0 aliphatic heterocycles. The van der Waals surface area contributed by atoms with Gasteiger partial charge in [0.25, 0.3) is 5.70 Å². The van der Waals surface area contributed by atoms with E-state index in [-0.39, 0.29) is 5.70 Å². The fraction of sp³-hybridized carbons (Fsp3) is 0. The summed E-state index contributed by atoms with van der Waals surface area (Å²) in [7, 11) is 0. The standard InChI is InChI=1S/C14H12N2O2S/c17-16(18)13(11-6-2-1-3-7-11)10-15-12-8-4-5-9-14(12)19/h1-10,15,19H/b13-10+. The third-order valence-corrected chi connectivity index (χ3v) is 2.92. The summed E-state index contributed by atoms with van der Waals surface area (Å²) in [6, 6.07) is 16.0. The first-order valence-electron chi connectivity index (χ1n) is 5.63. The molecule has 0 aromatic heterocycles. The van der Waals surface area contributed by atoms with Crippen molar-refractivity contribution in [3.8, 4) is 0 Å². The van der Waals surface area contributed by atoms with Crippen molar-refractivity contribution in [1.82, 2.24) is 0 Å². The van der Waals surface area contributed by atoms with Crippen molar-refractivity contribution >= 4 is 24.0 Å². The number of nitrogens with zero attached hydrogens (tertiary/aromatic N) is 1. The van der Waals surface area contributed by atoms with Gasteiger partial charge in [0.15, 0.2) is 0 Å². The van der Waals surface area contributed by atoms with Crippen LogP contribution in [0, 0.1) is 10.1 Å². The Balaban J connectivity index is 2.29. The molecule has 2 aromatic rings. The smallest absolute Gasteiger partial charge is 0.292 e. The zero-order valence-corrected chi connectivity index (χ0v) is 10.9. The fourth-order valence-electron chi connectivity index (χ4n) is 1.59. The molecule has 0 spiro atoms. The van der Waals surface area contributed by atoms with E-state index in [2.05, 4.69) is 17.9 Å². The lowest BCUT2D eigenvalue weighted by molar-refractivity contribution is -0.375. The lowest BCUT2D eigenvalue weighted by Gasteiger charge is -2.04. The van der Waals surface area contributed by atoms with Gasteiger partial charge in [-0.25, -0.2) is 0 Å². The Hall–Kier alpha value is -2.27. The molecule has 0 atom stereocenters. The predicted molar refractivity (Wildman–Crippen MR) is 78.7 cm³/mol. The summed E-state index contributed by atoms with van der Waals surface area (Å²) < 4.78 is 0. The molecule has 2 rings (SSSR count). The summed E-state index contributed by atoms with van der Waals surface area (Å²) in [6.45, 7) is 0. The van der Waals surface area contributed by atoms with E-state index in [1.165, 1.54) is 6.20 Å². The summed E-state index contributed by atoms with van der Waals surface area (Å²) in [5.41, 5.74) is 1.29. The molecule has 0 unspecified atom stereocenters. The molecule has 5 heteroatoms. The van der Waals surface area contributed by atoms with Crippen molar-refractivity contribution in [1.29, 1.82) is 0 Å². The van der Waals surface area contributed by atoms with Gasteiger partial charge >= 0.3 is 0 Å². The van der Waals surface area contributed by atoms with E-state index in [0.29, 0.717) is 5.56 Å². The molecule has 0 radical (unpaired) electrons. The van der Waals surface area contributed by atoms with Crippen LogP contribution in [0.25, 0.3) is 5.70 Å². The number of rotatable bonds is 4. The minimum absolute atomic E-state index is 0.0113. The quantitative estimate of drug-likeness (QED) is 0.507. The Kier molecular flexibility index (Phi) is 4.20. The van der Waals surface area contributed by atoms with E-state index in [4.69, 9.17) is 0 Å². The van der Waals surface area contributed by atoms with Crippen LogP contribution in [0.5, 0.6) is 0 Å². The van der Waals surface area contributed by atoms with Crippen LogP contribution in [0.15, 0.2) is 65.7 Å². The molecule has 4 nitrogen and oxygen atoms in total. The zero-order valence-electron chi connectivity index (χ0n) is 9.98. The highest BCUT2D eigenvalue weighted by molar-refractivity contribution is 7.80. The molecule has 0 aliphatic rings. The van der Waals surface area contributed by atoms with Crippen LogP contribution < -0.4 is 5.32 Å². The first-order valence-corrected chi connectivity index (χ1v) is 6.07. The molecule has 0 saturated carbocycles. The average Bonchev–Trinajstić information content (AvgIpc) is 2.42. The summed E-state index contributed by atoms with van der Waals surface area (Å²) in [4.78, 5) is 11.4. The van der Waals surface area contributed by atoms with E-state index >= 15 is 0 Å². The molecule has 0 saturated heterocycles. The number of benzene rings is 2. The summed E-state index contributed by atoms with van der Waals surface area (Å²) >= 11 is 4.28. The molecule has 2 aromatic carbocycles. The zero-order chi connectivity index (χ0) is 13.7.